The Bertz CT molecular complexity index is 490. The molecular formula is C16H24N4O. The molecule has 5 heteroatoms. The third kappa shape index (κ3) is 5.45. The number of hydrogen-bond donors (Lipinski definition) is 2. The Hall–Kier alpha value is -2.04. The van der Waals surface area contributed by atoms with Crippen LogP contribution in [-0.2, 0) is 6.54 Å². The average molecular weight is 288 g/mol. The summed E-state index contributed by atoms with van der Waals surface area (Å²) in [5.74, 6) is 1.12. The molecule has 1 aromatic rings. The minimum Gasteiger partial charge on any atom is -0.474 e. The highest BCUT2D eigenvalue weighted by Gasteiger charge is 2.16. The lowest BCUT2D eigenvalue weighted by molar-refractivity contribution is 0.201. The number of rotatable bonds is 6. The summed E-state index contributed by atoms with van der Waals surface area (Å²) in [5.41, 5.74) is 7.79. The summed E-state index contributed by atoms with van der Waals surface area (Å²) < 4.78 is 5.83. The van der Waals surface area contributed by atoms with Gasteiger partial charge in [-0.3, -0.25) is 0 Å². The quantitative estimate of drug-likeness (QED) is 0.479. The molecule has 0 radical (unpaired) electrons. The van der Waals surface area contributed by atoms with Gasteiger partial charge in [0.05, 0.1) is 6.54 Å². The minimum absolute atomic E-state index is 0.336. The highest BCUT2D eigenvalue weighted by atomic mass is 16.5. The normalized spacial score (nSPS) is 16.0. The van der Waals surface area contributed by atoms with Crippen molar-refractivity contribution in [3.05, 3.63) is 36.0 Å². The van der Waals surface area contributed by atoms with Crippen molar-refractivity contribution in [2.75, 3.05) is 6.54 Å². The van der Waals surface area contributed by atoms with Gasteiger partial charge in [-0.1, -0.05) is 18.2 Å². The summed E-state index contributed by atoms with van der Waals surface area (Å²) in [6.07, 6.45) is 6.92. The van der Waals surface area contributed by atoms with Crippen LogP contribution in [0.1, 0.15) is 38.2 Å². The zero-order valence-corrected chi connectivity index (χ0v) is 12.6. The van der Waals surface area contributed by atoms with Gasteiger partial charge in [-0.05, 0) is 38.2 Å². The van der Waals surface area contributed by atoms with Gasteiger partial charge in [0.25, 0.3) is 0 Å². The van der Waals surface area contributed by atoms with Gasteiger partial charge < -0.3 is 15.8 Å². The summed E-state index contributed by atoms with van der Waals surface area (Å²) in [4.78, 5) is 8.59. The van der Waals surface area contributed by atoms with Crippen molar-refractivity contribution in [2.45, 2.75) is 45.3 Å². The van der Waals surface area contributed by atoms with E-state index < -0.39 is 0 Å². The molecule has 0 amide bonds. The first-order chi connectivity index (χ1) is 10.1. The molecule has 5 nitrogen and oxygen atoms in total. The highest BCUT2D eigenvalue weighted by Crippen LogP contribution is 2.22. The van der Waals surface area contributed by atoms with Crippen LogP contribution in [-0.4, -0.2) is 23.6 Å². The molecule has 1 saturated carbocycles. The van der Waals surface area contributed by atoms with E-state index in [1.54, 1.807) is 6.20 Å². The van der Waals surface area contributed by atoms with E-state index in [0.29, 0.717) is 31.0 Å². The van der Waals surface area contributed by atoms with E-state index in [1.165, 1.54) is 12.8 Å². The van der Waals surface area contributed by atoms with Crippen LogP contribution in [0, 0.1) is 0 Å². The van der Waals surface area contributed by atoms with Gasteiger partial charge in [0.2, 0.25) is 5.88 Å². The molecule has 1 aliphatic carbocycles. The second-order valence-corrected chi connectivity index (χ2v) is 5.54. The molecule has 3 N–H and O–H groups in total. The SMILES string of the molecule is C=C(C)CNC(N)=NCc1ccc(OC2CCCC2)nc1. The van der Waals surface area contributed by atoms with E-state index in [0.717, 1.165) is 24.0 Å². The third-order valence-corrected chi connectivity index (χ3v) is 3.39. The first kappa shape index (κ1) is 15.4. The van der Waals surface area contributed by atoms with Crippen molar-refractivity contribution < 1.29 is 4.74 Å². The molecule has 0 unspecified atom stereocenters. The van der Waals surface area contributed by atoms with Crippen molar-refractivity contribution in [1.29, 1.82) is 0 Å². The van der Waals surface area contributed by atoms with Crippen molar-refractivity contribution >= 4 is 5.96 Å². The van der Waals surface area contributed by atoms with Crippen LogP contribution in [0.4, 0.5) is 0 Å². The molecular weight excluding hydrogens is 264 g/mol. The Balaban J connectivity index is 1.81. The molecule has 1 fully saturated rings. The maximum absolute atomic E-state index is 5.83. The van der Waals surface area contributed by atoms with Gasteiger partial charge in [0.15, 0.2) is 5.96 Å². The van der Waals surface area contributed by atoms with Gasteiger partial charge >= 0.3 is 0 Å². The Morgan fingerprint density at radius 3 is 2.86 bits per heavy atom. The average Bonchev–Trinajstić information content (AvgIpc) is 2.97. The first-order valence-electron chi connectivity index (χ1n) is 7.43. The number of pyridine rings is 1. The van der Waals surface area contributed by atoms with Crippen molar-refractivity contribution in [3.8, 4) is 5.88 Å². The lowest BCUT2D eigenvalue weighted by Crippen LogP contribution is -2.32. The van der Waals surface area contributed by atoms with E-state index >= 15 is 0 Å². The summed E-state index contributed by atoms with van der Waals surface area (Å²) in [6.45, 7) is 6.88. The molecule has 1 heterocycles. The fourth-order valence-electron chi connectivity index (χ4n) is 2.22. The summed E-state index contributed by atoms with van der Waals surface area (Å²) in [7, 11) is 0. The predicted octanol–water partition coefficient (Wildman–Crippen LogP) is 2.38. The molecule has 2 rings (SSSR count). The smallest absolute Gasteiger partial charge is 0.213 e. The van der Waals surface area contributed by atoms with E-state index in [-0.39, 0.29) is 0 Å². The van der Waals surface area contributed by atoms with Gasteiger partial charge in [0, 0.05) is 18.8 Å². The van der Waals surface area contributed by atoms with E-state index in [9.17, 15) is 0 Å². The zero-order valence-electron chi connectivity index (χ0n) is 12.6. The number of aliphatic imine (C=N–C) groups is 1. The van der Waals surface area contributed by atoms with Gasteiger partial charge in [-0.25, -0.2) is 9.98 Å². The standard InChI is InChI=1S/C16H24N4O/c1-12(2)9-19-16(17)20-11-13-7-8-15(18-10-13)21-14-5-3-4-6-14/h7-8,10,14H,1,3-6,9,11H2,2H3,(H3,17,19,20). The van der Waals surface area contributed by atoms with Crippen molar-refractivity contribution in [2.24, 2.45) is 10.7 Å². The monoisotopic (exact) mass is 288 g/mol. The number of hydrogen-bond acceptors (Lipinski definition) is 3. The molecule has 1 aromatic heterocycles. The van der Waals surface area contributed by atoms with Crippen LogP contribution < -0.4 is 15.8 Å². The Labute approximate surface area is 126 Å². The van der Waals surface area contributed by atoms with Crippen LogP contribution in [0.3, 0.4) is 0 Å². The zero-order chi connectivity index (χ0) is 15.1. The van der Waals surface area contributed by atoms with Crippen LogP contribution in [0.5, 0.6) is 5.88 Å². The second-order valence-electron chi connectivity index (χ2n) is 5.54. The molecule has 21 heavy (non-hydrogen) atoms. The van der Waals surface area contributed by atoms with Crippen LogP contribution in [0.15, 0.2) is 35.5 Å². The summed E-state index contributed by atoms with van der Waals surface area (Å²) in [6, 6.07) is 3.88. The molecule has 0 bridgehead atoms. The Morgan fingerprint density at radius 2 is 2.24 bits per heavy atom. The summed E-state index contributed by atoms with van der Waals surface area (Å²) in [5, 5.41) is 3.00. The van der Waals surface area contributed by atoms with E-state index in [4.69, 9.17) is 10.5 Å². The lowest BCUT2D eigenvalue weighted by atomic mass is 10.3. The number of nitrogens with one attached hydrogen (secondary N) is 1. The summed E-state index contributed by atoms with van der Waals surface area (Å²) >= 11 is 0. The largest absolute Gasteiger partial charge is 0.474 e. The fraction of sp³-hybridized carbons (Fsp3) is 0.500. The van der Waals surface area contributed by atoms with Crippen LogP contribution in [0.2, 0.25) is 0 Å². The van der Waals surface area contributed by atoms with E-state index in [1.807, 2.05) is 19.1 Å². The second kappa shape index (κ2) is 7.67. The number of guanidine groups is 1. The fourth-order valence-corrected chi connectivity index (χ4v) is 2.22. The van der Waals surface area contributed by atoms with Gasteiger partial charge in [-0.2, -0.15) is 0 Å². The van der Waals surface area contributed by atoms with Gasteiger partial charge in [0.1, 0.15) is 6.10 Å². The third-order valence-electron chi connectivity index (χ3n) is 3.39. The first-order valence-corrected chi connectivity index (χ1v) is 7.43. The molecule has 1 aliphatic rings. The Morgan fingerprint density at radius 1 is 1.48 bits per heavy atom. The number of nitrogens with two attached hydrogens (primary N) is 1. The van der Waals surface area contributed by atoms with Crippen molar-refractivity contribution in [3.63, 3.8) is 0 Å². The van der Waals surface area contributed by atoms with Crippen LogP contribution in [0.25, 0.3) is 0 Å². The Kier molecular flexibility index (Phi) is 5.60. The molecule has 0 atom stereocenters. The number of nitrogens with zero attached hydrogens (tertiary/aromatic N) is 2. The van der Waals surface area contributed by atoms with Crippen molar-refractivity contribution in [1.82, 2.24) is 10.3 Å². The maximum atomic E-state index is 5.83. The topological polar surface area (TPSA) is 72.5 Å². The minimum atomic E-state index is 0.336. The molecule has 0 saturated heterocycles. The number of aromatic nitrogens is 1. The highest BCUT2D eigenvalue weighted by molar-refractivity contribution is 5.78. The van der Waals surface area contributed by atoms with E-state index in [2.05, 4.69) is 21.9 Å². The number of ether oxygens (including phenoxy) is 1. The molecule has 0 aliphatic heterocycles. The van der Waals surface area contributed by atoms with Crippen LogP contribution >= 0.6 is 0 Å². The molecule has 0 spiro atoms. The van der Waals surface area contributed by atoms with Gasteiger partial charge in [-0.15, -0.1) is 0 Å². The maximum Gasteiger partial charge on any atom is 0.213 e. The predicted molar refractivity (Wildman–Crippen MR) is 85.3 cm³/mol. The molecule has 114 valence electrons. The molecule has 0 aromatic carbocycles. The lowest BCUT2D eigenvalue weighted by Gasteiger charge is -2.11.